The summed E-state index contributed by atoms with van der Waals surface area (Å²) in [6.45, 7) is 1.99. The third-order valence-electron chi connectivity index (χ3n) is 2.97. The van der Waals surface area contributed by atoms with Gasteiger partial charge in [0.15, 0.2) is 5.82 Å². The van der Waals surface area contributed by atoms with E-state index in [1.54, 1.807) is 4.68 Å². The van der Waals surface area contributed by atoms with E-state index in [0.29, 0.717) is 5.82 Å². The summed E-state index contributed by atoms with van der Waals surface area (Å²) < 4.78 is 2.78. The summed E-state index contributed by atoms with van der Waals surface area (Å²) in [5.74, 6) is 0.508. The SMILES string of the molecule is Cc1nn(C)cc1-c1cc(Br)cc2c(N)n[nH]c12. The number of H-pyrrole nitrogens is 1. The second-order valence-electron chi connectivity index (χ2n) is 4.29. The van der Waals surface area contributed by atoms with Gasteiger partial charge in [0.25, 0.3) is 0 Å². The maximum absolute atomic E-state index is 5.85. The Kier molecular flexibility index (Phi) is 2.41. The van der Waals surface area contributed by atoms with Crippen molar-refractivity contribution in [2.45, 2.75) is 6.92 Å². The normalized spacial score (nSPS) is 11.3. The Hall–Kier alpha value is -1.82. The minimum atomic E-state index is 0.508. The van der Waals surface area contributed by atoms with E-state index in [1.807, 2.05) is 32.3 Å². The smallest absolute Gasteiger partial charge is 0.153 e. The second kappa shape index (κ2) is 3.84. The highest BCUT2D eigenvalue weighted by Gasteiger charge is 2.14. The lowest BCUT2D eigenvalue weighted by molar-refractivity contribution is 0.756. The first-order chi connectivity index (χ1) is 8.56. The molecule has 0 saturated carbocycles. The molecule has 0 atom stereocenters. The average Bonchev–Trinajstić information content (AvgIpc) is 2.82. The van der Waals surface area contributed by atoms with Crippen LogP contribution >= 0.6 is 15.9 Å². The minimum absolute atomic E-state index is 0.508. The molecule has 3 aromatic rings. The first-order valence-corrected chi connectivity index (χ1v) is 6.29. The molecule has 1 aromatic carbocycles. The van der Waals surface area contributed by atoms with Crippen LogP contribution in [0.25, 0.3) is 22.0 Å². The van der Waals surface area contributed by atoms with Gasteiger partial charge >= 0.3 is 0 Å². The molecule has 3 rings (SSSR count). The Labute approximate surface area is 112 Å². The Balaban J connectivity index is 2.38. The fourth-order valence-corrected chi connectivity index (χ4v) is 2.64. The Morgan fingerprint density at radius 1 is 1.33 bits per heavy atom. The molecule has 0 saturated heterocycles. The van der Waals surface area contributed by atoms with Crippen molar-refractivity contribution < 1.29 is 0 Å². The van der Waals surface area contributed by atoms with Crippen LogP contribution < -0.4 is 5.73 Å². The first kappa shape index (κ1) is 11.3. The van der Waals surface area contributed by atoms with E-state index in [1.165, 1.54) is 0 Å². The van der Waals surface area contributed by atoms with Gasteiger partial charge in [0.05, 0.1) is 11.2 Å². The van der Waals surface area contributed by atoms with Crippen LogP contribution in [-0.4, -0.2) is 20.0 Å². The third kappa shape index (κ3) is 1.60. The van der Waals surface area contributed by atoms with Crippen molar-refractivity contribution in [3.05, 3.63) is 28.5 Å². The number of hydrogen-bond donors (Lipinski definition) is 2. The van der Waals surface area contributed by atoms with E-state index < -0.39 is 0 Å². The van der Waals surface area contributed by atoms with Gasteiger partial charge in [-0.25, -0.2) is 0 Å². The van der Waals surface area contributed by atoms with E-state index in [9.17, 15) is 0 Å². The van der Waals surface area contributed by atoms with Crippen molar-refractivity contribution >= 4 is 32.7 Å². The molecule has 0 fully saturated rings. The van der Waals surface area contributed by atoms with Gasteiger partial charge in [-0.1, -0.05) is 15.9 Å². The summed E-state index contributed by atoms with van der Waals surface area (Å²) in [5, 5.41) is 12.3. The zero-order valence-corrected chi connectivity index (χ0v) is 11.6. The van der Waals surface area contributed by atoms with E-state index in [2.05, 4.69) is 31.2 Å². The van der Waals surface area contributed by atoms with Gasteiger partial charge in [-0.05, 0) is 19.1 Å². The van der Waals surface area contributed by atoms with Gasteiger partial charge in [-0.15, -0.1) is 0 Å². The number of aryl methyl sites for hydroxylation is 2. The molecule has 92 valence electrons. The number of nitrogens with two attached hydrogens (primary N) is 1. The molecule has 3 N–H and O–H groups in total. The third-order valence-corrected chi connectivity index (χ3v) is 3.43. The molecular formula is C12H12BrN5. The molecule has 0 aliphatic heterocycles. The number of aromatic amines is 1. The Bertz CT molecular complexity index is 740. The second-order valence-corrected chi connectivity index (χ2v) is 5.20. The molecular weight excluding hydrogens is 294 g/mol. The first-order valence-electron chi connectivity index (χ1n) is 5.50. The van der Waals surface area contributed by atoms with E-state index in [0.717, 1.165) is 32.2 Å². The monoisotopic (exact) mass is 305 g/mol. The lowest BCUT2D eigenvalue weighted by atomic mass is 10.0. The van der Waals surface area contributed by atoms with Gasteiger partial charge in [0.1, 0.15) is 0 Å². The summed E-state index contributed by atoms with van der Waals surface area (Å²) in [5.41, 5.74) is 9.89. The van der Waals surface area contributed by atoms with Gasteiger partial charge in [0.2, 0.25) is 0 Å². The number of rotatable bonds is 1. The van der Waals surface area contributed by atoms with Gasteiger partial charge < -0.3 is 5.73 Å². The minimum Gasteiger partial charge on any atom is -0.382 e. The fraction of sp³-hybridized carbons (Fsp3) is 0.167. The number of halogens is 1. The van der Waals surface area contributed by atoms with Crippen LogP contribution in [0.2, 0.25) is 0 Å². The zero-order chi connectivity index (χ0) is 12.9. The predicted molar refractivity (Wildman–Crippen MR) is 75.1 cm³/mol. The summed E-state index contributed by atoms with van der Waals surface area (Å²) in [6.07, 6.45) is 1.99. The van der Waals surface area contributed by atoms with E-state index >= 15 is 0 Å². The Morgan fingerprint density at radius 2 is 2.11 bits per heavy atom. The predicted octanol–water partition coefficient (Wildman–Crippen LogP) is 2.62. The molecule has 2 aromatic heterocycles. The number of hydrogen-bond acceptors (Lipinski definition) is 3. The van der Waals surface area contributed by atoms with Crippen molar-refractivity contribution in [1.29, 1.82) is 0 Å². The molecule has 6 heteroatoms. The highest BCUT2D eigenvalue weighted by molar-refractivity contribution is 9.10. The molecule has 0 unspecified atom stereocenters. The number of fused-ring (bicyclic) bond motifs is 1. The molecule has 0 aliphatic carbocycles. The van der Waals surface area contributed by atoms with Crippen LogP contribution in [-0.2, 0) is 7.05 Å². The van der Waals surface area contributed by atoms with Gasteiger partial charge in [-0.2, -0.15) is 10.2 Å². The molecule has 0 amide bonds. The van der Waals surface area contributed by atoms with Crippen molar-refractivity contribution in [3.8, 4) is 11.1 Å². The number of aromatic nitrogens is 4. The van der Waals surface area contributed by atoms with Crippen molar-refractivity contribution in [2.24, 2.45) is 7.05 Å². The molecule has 0 spiro atoms. The zero-order valence-electron chi connectivity index (χ0n) is 10.0. The van der Waals surface area contributed by atoms with Crippen molar-refractivity contribution in [3.63, 3.8) is 0 Å². The van der Waals surface area contributed by atoms with Crippen LogP contribution in [0.1, 0.15) is 5.69 Å². The maximum Gasteiger partial charge on any atom is 0.153 e. The van der Waals surface area contributed by atoms with Crippen LogP contribution in [0.3, 0.4) is 0 Å². The van der Waals surface area contributed by atoms with Crippen LogP contribution in [0, 0.1) is 6.92 Å². The molecule has 0 bridgehead atoms. The summed E-state index contributed by atoms with van der Waals surface area (Å²) in [6, 6.07) is 4.01. The molecule has 0 radical (unpaired) electrons. The van der Waals surface area contributed by atoms with Crippen molar-refractivity contribution in [2.75, 3.05) is 5.73 Å². The largest absolute Gasteiger partial charge is 0.382 e. The van der Waals surface area contributed by atoms with E-state index in [4.69, 9.17) is 5.73 Å². The maximum atomic E-state index is 5.85. The van der Waals surface area contributed by atoms with Gasteiger partial charge in [0, 0.05) is 34.2 Å². The molecule has 0 aliphatic rings. The number of benzene rings is 1. The van der Waals surface area contributed by atoms with Gasteiger partial charge in [-0.3, -0.25) is 9.78 Å². The Morgan fingerprint density at radius 3 is 2.78 bits per heavy atom. The quantitative estimate of drug-likeness (QED) is 0.726. The number of nitrogens with zero attached hydrogens (tertiary/aromatic N) is 3. The average molecular weight is 306 g/mol. The molecule has 2 heterocycles. The standard InChI is InChI=1S/C12H12BrN5/c1-6-10(5-18(2)17-6)8-3-7(13)4-9-11(8)15-16-12(9)14/h3-5H,1-2H3,(H3,14,15,16). The summed E-state index contributed by atoms with van der Waals surface area (Å²) in [4.78, 5) is 0. The van der Waals surface area contributed by atoms with Crippen molar-refractivity contribution in [1.82, 2.24) is 20.0 Å². The number of nitrogens with one attached hydrogen (secondary N) is 1. The van der Waals surface area contributed by atoms with Crippen LogP contribution in [0.15, 0.2) is 22.8 Å². The lowest BCUT2D eigenvalue weighted by Gasteiger charge is -2.03. The number of nitrogen functional groups attached to an aromatic ring is 1. The molecule has 5 nitrogen and oxygen atoms in total. The fourth-order valence-electron chi connectivity index (χ4n) is 2.18. The summed E-state index contributed by atoms with van der Waals surface area (Å²) in [7, 11) is 1.91. The number of anilines is 1. The highest BCUT2D eigenvalue weighted by atomic mass is 79.9. The lowest BCUT2D eigenvalue weighted by Crippen LogP contribution is -1.86. The summed E-state index contributed by atoms with van der Waals surface area (Å²) >= 11 is 3.51. The molecule has 18 heavy (non-hydrogen) atoms. The topological polar surface area (TPSA) is 72.5 Å². The highest BCUT2D eigenvalue weighted by Crippen LogP contribution is 2.34. The van der Waals surface area contributed by atoms with Crippen LogP contribution in [0.5, 0.6) is 0 Å². The van der Waals surface area contributed by atoms with Crippen LogP contribution in [0.4, 0.5) is 5.82 Å². The van der Waals surface area contributed by atoms with E-state index in [-0.39, 0.29) is 0 Å².